The Kier molecular flexibility index (Phi) is 3.89. The second-order valence-electron chi connectivity index (χ2n) is 4.68. The fourth-order valence-corrected chi connectivity index (χ4v) is 4.66. The second kappa shape index (κ2) is 5.66. The zero-order valence-corrected chi connectivity index (χ0v) is 12.2. The Bertz CT molecular complexity index is 598. The molecule has 0 spiro atoms. The monoisotopic (exact) mass is 309 g/mol. The van der Waals surface area contributed by atoms with E-state index in [4.69, 9.17) is 5.73 Å². The number of hydrogen-bond donors (Lipinski definition) is 1. The molecule has 0 bridgehead atoms. The molecule has 2 aromatic rings. The van der Waals surface area contributed by atoms with Crippen molar-refractivity contribution < 1.29 is 8.78 Å². The summed E-state index contributed by atoms with van der Waals surface area (Å²) in [6, 6.07) is 10.6. The van der Waals surface area contributed by atoms with Gasteiger partial charge in [-0.3, -0.25) is 0 Å². The molecule has 104 valence electrons. The summed E-state index contributed by atoms with van der Waals surface area (Å²) in [5, 5.41) is 0.355. The molecule has 5 heteroatoms. The van der Waals surface area contributed by atoms with Crippen LogP contribution in [0.1, 0.15) is 5.56 Å². The molecule has 0 saturated heterocycles. The summed E-state index contributed by atoms with van der Waals surface area (Å²) in [5.41, 5.74) is 6.85. The quantitative estimate of drug-likeness (QED) is 0.674. The van der Waals surface area contributed by atoms with Crippen molar-refractivity contribution in [2.24, 2.45) is 0 Å². The third kappa shape index (κ3) is 2.79. The van der Waals surface area contributed by atoms with Gasteiger partial charge in [0.15, 0.2) is 0 Å². The van der Waals surface area contributed by atoms with E-state index >= 15 is 0 Å². The molecule has 0 fully saturated rings. The number of thioether (sulfide) groups is 2. The van der Waals surface area contributed by atoms with Crippen LogP contribution in [-0.2, 0) is 6.42 Å². The summed E-state index contributed by atoms with van der Waals surface area (Å²) in [5.74, 6) is -0.474. The van der Waals surface area contributed by atoms with Crippen LogP contribution >= 0.6 is 23.5 Å². The van der Waals surface area contributed by atoms with Crippen LogP contribution in [-0.4, -0.2) is 11.0 Å². The minimum Gasteiger partial charge on any atom is -0.399 e. The first kappa shape index (κ1) is 13.8. The molecule has 2 N–H and O–H groups in total. The third-order valence-corrected chi connectivity index (χ3v) is 5.93. The normalized spacial score (nSPS) is 17.2. The number of halogens is 2. The van der Waals surface area contributed by atoms with E-state index in [2.05, 4.69) is 12.1 Å². The largest absolute Gasteiger partial charge is 0.399 e. The zero-order valence-electron chi connectivity index (χ0n) is 10.6. The lowest BCUT2D eigenvalue weighted by Crippen LogP contribution is -2.05. The summed E-state index contributed by atoms with van der Waals surface area (Å²) in [7, 11) is 0. The van der Waals surface area contributed by atoms with Crippen LogP contribution in [0.4, 0.5) is 14.5 Å². The van der Waals surface area contributed by atoms with E-state index in [-0.39, 0.29) is 10.6 Å². The van der Waals surface area contributed by atoms with Crippen LogP contribution in [0.25, 0.3) is 0 Å². The summed E-state index contributed by atoms with van der Waals surface area (Å²) in [6.07, 6.45) is 0.950. The molecule has 20 heavy (non-hydrogen) atoms. The van der Waals surface area contributed by atoms with Gasteiger partial charge in [0, 0.05) is 21.6 Å². The third-order valence-electron chi connectivity index (χ3n) is 3.15. The molecule has 2 aromatic carbocycles. The van der Waals surface area contributed by atoms with Crippen LogP contribution in [0.2, 0.25) is 0 Å². The Balaban J connectivity index is 1.67. The van der Waals surface area contributed by atoms with Crippen LogP contribution in [0.3, 0.4) is 0 Å². The van der Waals surface area contributed by atoms with Gasteiger partial charge in [-0.2, -0.15) is 0 Å². The molecular weight excluding hydrogens is 296 g/mol. The molecule has 0 radical (unpaired) electrons. The van der Waals surface area contributed by atoms with Crippen molar-refractivity contribution in [1.29, 1.82) is 0 Å². The van der Waals surface area contributed by atoms with Gasteiger partial charge in [-0.25, -0.2) is 8.78 Å². The van der Waals surface area contributed by atoms with Gasteiger partial charge < -0.3 is 5.73 Å². The van der Waals surface area contributed by atoms with Crippen molar-refractivity contribution in [1.82, 2.24) is 0 Å². The minimum atomic E-state index is -0.576. The Hall–Kier alpha value is -1.20. The number of nitrogen functional groups attached to an aromatic ring is 1. The average molecular weight is 309 g/mol. The van der Waals surface area contributed by atoms with Gasteiger partial charge >= 0.3 is 0 Å². The Morgan fingerprint density at radius 2 is 1.90 bits per heavy atom. The second-order valence-corrected chi connectivity index (χ2v) is 7.05. The molecule has 1 aliphatic heterocycles. The van der Waals surface area contributed by atoms with Crippen LogP contribution in [0, 0.1) is 11.6 Å². The number of hydrogen-bond acceptors (Lipinski definition) is 3. The molecule has 1 heterocycles. The lowest BCUT2D eigenvalue weighted by Gasteiger charge is -2.10. The molecule has 0 aliphatic carbocycles. The first-order valence-corrected chi connectivity index (χ1v) is 8.12. The van der Waals surface area contributed by atoms with E-state index in [1.165, 1.54) is 34.4 Å². The molecule has 1 nitrogen and oxygen atoms in total. The van der Waals surface area contributed by atoms with Gasteiger partial charge in [0.25, 0.3) is 0 Å². The number of anilines is 1. The highest BCUT2D eigenvalue weighted by Gasteiger charge is 2.23. The smallest absolute Gasteiger partial charge is 0.141 e. The fraction of sp³-hybridized carbons (Fsp3) is 0.200. The number of nitrogens with two attached hydrogens (primary N) is 1. The predicted octanol–water partition coefficient (Wildman–Crippen LogP) is 4.36. The summed E-state index contributed by atoms with van der Waals surface area (Å²) >= 11 is 3.00. The highest BCUT2D eigenvalue weighted by atomic mass is 32.2. The SMILES string of the molecule is Nc1cc(F)c(SCC2Cc3ccccc3S2)c(F)c1. The number of rotatable bonds is 3. The lowest BCUT2D eigenvalue weighted by molar-refractivity contribution is 0.542. The first-order chi connectivity index (χ1) is 9.63. The molecule has 0 saturated carbocycles. The topological polar surface area (TPSA) is 26.0 Å². The van der Waals surface area contributed by atoms with E-state index < -0.39 is 11.6 Å². The van der Waals surface area contributed by atoms with Crippen LogP contribution in [0.15, 0.2) is 46.2 Å². The van der Waals surface area contributed by atoms with Gasteiger partial charge in [0.1, 0.15) is 11.6 Å². The average Bonchev–Trinajstić information content (AvgIpc) is 2.80. The standard InChI is InChI=1S/C15H13F2NS2/c16-12-6-10(18)7-13(17)15(12)19-8-11-5-9-3-1-2-4-14(9)20-11/h1-4,6-7,11H,5,8,18H2. The van der Waals surface area contributed by atoms with E-state index in [1.807, 2.05) is 12.1 Å². The molecule has 3 rings (SSSR count). The van der Waals surface area contributed by atoms with Gasteiger partial charge in [-0.1, -0.05) is 18.2 Å². The van der Waals surface area contributed by atoms with Crippen molar-refractivity contribution in [3.63, 3.8) is 0 Å². The summed E-state index contributed by atoms with van der Waals surface area (Å²) < 4.78 is 27.4. The minimum absolute atomic E-state index is 0.0655. The summed E-state index contributed by atoms with van der Waals surface area (Å²) in [4.78, 5) is 1.34. The van der Waals surface area contributed by atoms with E-state index in [9.17, 15) is 8.78 Å². The van der Waals surface area contributed by atoms with E-state index in [0.29, 0.717) is 11.0 Å². The van der Waals surface area contributed by atoms with E-state index in [1.54, 1.807) is 11.8 Å². The van der Waals surface area contributed by atoms with Crippen LogP contribution < -0.4 is 5.73 Å². The molecular formula is C15H13F2NS2. The van der Waals surface area contributed by atoms with Gasteiger partial charge in [0.05, 0.1) is 4.90 Å². The van der Waals surface area contributed by atoms with Crippen molar-refractivity contribution in [2.45, 2.75) is 21.5 Å². The fourth-order valence-electron chi connectivity index (χ4n) is 2.24. The Morgan fingerprint density at radius 3 is 2.60 bits per heavy atom. The first-order valence-electron chi connectivity index (χ1n) is 6.25. The molecule has 1 unspecified atom stereocenters. The maximum Gasteiger partial charge on any atom is 0.141 e. The highest BCUT2D eigenvalue weighted by molar-refractivity contribution is 8.03. The molecule has 1 atom stereocenters. The van der Waals surface area contributed by atoms with Crippen LogP contribution in [0.5, 0.6) is 0 Å². The van der Waals surface area contributed by atoms with Crippen molar-refractivity contribution >= 4 is 29.2 Å². The van der Waals surface area contributed by atoms with E-state index in [0.717, 1.165) is 6.42 Å². The zero-order chi connectivity index (χ0) is 14.1. The lowest BCUT2D eigenvalue weighted by atomic mass is 10.1. The molecule has 1 aliphatic rings. The molecule has 0 amide bonds. The Labute approximate surface area is 124 Å². The van der Waals surface area contributed by atoms with Gasteiger partial charge in [-0.15, -0.1) is 23.5 Å². The summed E-state index contributed by atoms with van der Waals surface area (Å²) in [6.45, 7) is 0. The van der Waals surface area contributed by atoms with Crippen molar-refractivity contribution in [2.75, 3.05) is 11.5 Å². The van der Waals surface area contributed by atoms with Gasteiger partial charge in [0.2, 0.25) is 0 Å². The molecule has 0 aromatic heterocycles. The number of fused-ring (bicyclic) bond motifs is 1. The highest BCUT2D eigenvalue weighted by Crippen LogP contribution is 2.40. The van der Waals surface area contributed by atoms with Crippen molar-refractivity contribution in [3.8, 4) is 0 Å². The predicted molar refractivity (Wildman–Crippen MR) is 81.3 cm³/mol. The maximum atomic E-state index is 13.7. The van der Waals surface area contributed by atoms with Crippen molar-refractivity contribution in [3.05, 3.63) is 53.6 Å². The van der Waals surface area contributed by atoms with Gasteiger partial charge in [-0.05, 0) is 30.2 Å². The number of benzene rings is 2. The Morgan fingerprint density at radius 1 is 1.20 bits per heavy atom. The maximum absolute atomic E-state index is 13.7.